The number of hydrazone groups is 1. The Morgan fingerprint density at radius 3 is 2.26 bits per heavy atom. The summed E-state index contributed by atoms with van der Waals surface area (Å²) in [6.45, 7) is 0.920. The van der Waals surface area contributed by atoms with Crippen LogP contribution in [0.2, 0.25) is 0 Å². The van der Waals surface area contributed by atoms with Crippen LogP contribution < -0.4 is 10.2 Å². The smallest absolute Gasteiger partial charge is 0.239 e. The predicted octanol–water partition coefficient (Wildman–Crippen LogP) is 5.15. The van der Waals surface area contributed by atoms with Crippen LogP contribution in [0, 0.1) is 0 Å². The fourth-order valence-electron chi connectivity index (χ4n) is 4.73. The molecule has 2 aromatic carbocycles. The van der Waals surface area contributed by atoms with Crippen molar-refractivity contribution >= 4 is 5.90 Å². The Bertz CT molecular complexity index is 1020. The quantitative estimate of drug-likeness (QED) is 0.607. The van der Waals surface area contributed by atoms with E-state index in [1.165, 1.54) is 43.2 Å². The highest BCUT2D eigenvalue weighted by Crippen LogP contribution is 2.45. The lowest BCUT2D eigenvalue weighted by Crippen LogP contribution is -2.30. The minimum Gasteiger partial charge on any atom is -0.487 e. The number of nitrogens with zero attached hydrogens (tertiary/aromatic N) is 2. The van der Waals surface area contributed by atoms with Crippen LogP contribution in [-0.4, -0.2) is 17.6 Å². The summed E-state index contributed by atoms with van der Waals surface area (Å²) in [5.74, 6) is 1.54. The lowest BCUT2D eigenvalue weighted by molar-refractivity contribution is 0.300. The first-order chi connectivity index (χ1) is 15.3. The first kappa shape index (κ1) is 19.6. The van der Waals surface area contributed by atoms with Gasteiger partial charge in [0, 0.05) is 17.2 Å². The molecule has 1 aliphatic heterocycles. The Hall–Kier alpha value is -3.34. The number of hydrogen-bond donors (Lipinski definition) is 1. The third-order valence-corrected chi connectivity index (χ3v) is 6.37. The monoisotopic (exact) mass is 413 g/mol. The molecule has 2 aliphatic rings. The van der Waals surface area contributed by atoms with Gasteiger partial charge in [0.05, 0.1) is 5.69 Å². The molecule has 1 aromatic heterocycles. The number of rotatable bonds is 6. The van der Waals surface area contributed by atoms with Gasteiger partial charge in [-0.05, 0) is 60.4 Å². The van der Waals surface area contributed by atoms with E-state index in [-0.39, 0.29) is 5.41 Å². The molecule has 0 atom stereocenters. The van der Waals surface area contributed by atoms with Gasteiger partial charge in [-0.1, -0.05) is 49.6 Å². The molecule has 2 heterocycles. The summed E-state index contributed by atoms with van der Waals surface area (Å²) in [6.07, 6.45) is 7.93. The molecule has 158 valence electrons. The van der Waals surface area contributed by atoms with Crippen LogP contribution in [0.4, 0.5) is 0 Å². The highest BCUT2D eigenvalue weighted by Gasteiger charge is 2.35. The van der Waals surface area contributed by atoms with E-state index < -0.39 is 0 Å². The molecule has 3 aromatic rings. The highest BCUT2D eigenvalue weighted by molar-refractivity contribution is 5.94. The number of hydrogen-bond acceptors (Lipinski definition) is 5. The summed E-state index contributed by atoms with van der Waals surface area (Å²) in [6, 6.07) is 23.3. The number of ether oxygens (including phenoxy) is 2. The first-order valence-electron chi connectivity index (χ1n) is 11.0. The van der Waals surface area contributed by atoms with E-state index in [9.17, 15) is 0 Å². The van der Waals surface area contributed by atoms with Crippen molar-refractivity contribution in [1.29, 1.82) is 0 Å². The van der Waals surface area contributed by atoms with Crippen molar-refractivity contribution in [3.05, 3.63) is 95.3 Å². The zero-order valence-corrected chi connectivity index (χ0v) is 17.6. The standard InChI is InChI=1S/C26H27N3O2/c1-3-15-26(16-4-1,21-9-7-20(8-10-21)25-29-28-19-31-25)22-11-13-24(14-12-22)30-18-23-6-2-5-17-27-23/h2,5-14,17,28H,1,3-4,15-16,18-19H2. The number of aromatic nitrogens is 1. The number of pyridine rings is 1. The van der Waals surface area contributed by atoms with E-state index in [1.54, 1.807) is 6.20 Å². The van der Waals surface area contributed by atoms with Gasteiger partial charge < -0.3 is 9.47 Å². The largest absolute Gasteiger partial charge is 0.487 e. The van der Waals surface area contributed by atoms with E-state index in [0.29, 0.717) is 19.2 Å². The zero-order chi connectivity index (χ0) is 20.9. The van der Waals surface area contributed by atoms with Crippen molar-refractivity contribution in [3.8, 4) is 5.75 Å². The molecule has 0 unspecified atom stereocenters. The molecule has 0 amide bonds. The van der Waals surface area contributed by atoms with E-state index >= 15 is 0 Å². The van der Waals surface area contributed by atoms with Gasteiger partial charge in [-0.2, -0.15) is 0 Å². The van der Waals surface area contributed by atoms with Crippen molar-refractivity contribution in [1.82, 2.24) is 10.4 Å². The molecular weight excluding hydrogens is 386 g/mol. The molecule has 0 saturated heterocycles. The minimum absolute atomic E-state index is 0.0485. The molecule has 0 radical (unpaired) electrons. The maximum absolute atomic E-state index is 5.95. The van der Waals surface area contributed by atoms with Crippen molar-refractivity contribution in [2.45, 2.75) is 44.1 Å². The molecular formula is C26H27N3O2. The Morgan fingerprint density at radius 2 is 1.61 bits per heavy atom. The summed E-state index contributed by atoms with van der Waals surface area (Å²) < 4.78 is 11.5. The molecule has 1 fully saturated rings. The van der Waals surface area contributed by atoms with Gasteiger partial charge in [0.1, 0.15) is 12.4 Å². The summed E-state index contributed by atoms with van der Waals surface area (Å²) in [4.78, 5) is 4.32. The fourth-order valence-corrected chi connectivity index (χ4v) is 4.73. The molecule has 1 aliphatic carbocycles. The van der Waals surface area contributed by atoms with Crippen molar-refractivity contribution in [2.75, 3.05) is 6.73 Å². The minimum atomic E-state index is 0.0485. The SMILES string of the molecule is c1ccc(COc2ccc(C3(c4ccc(C5=NNCO5)cc4)CCCCC3)cc2)nc1. The van der Waals surface area contributed by atoms with Gasteiger partial charge in [-0.15, -0.1) is 5.10 Å². The van der Waals surface area contributed by atoms with Crippen LogP contribution in [0.1, 0.15) is 54.5 Å². The second-order valence-electron chi connectivity index (χ2n) is 8.22. The van der Waals surface area contributed by atoms with Gasteiger partial charge in [-0.3, -0.25) is 10.4 Å². The van der Waals surface area contributed by atoms with Crippen LogP contribution in [0.15, 0.2) is 78.0 Å². The Labute approximate surface area is 183 Å². The fraction of sp³-hybridized carbons (Fsp3) is 0.308. The number of nitrogens with one attached hydrogen (secondary N) is 1. The molecule has 1 N–H and O–H groups in total. The van der Waals surface area contributed by atoms with E-state index in [1.807, 2.05) is 18.2 Å². The van der Waals surface area contributed by atoms with E-state index in [2.05, 4.69) is 64.0 Å². The molecule has 31 heavy (non-hydrogen) atoms. The molecule has 5 heteroatoms. The van der Waals surface area contributed by atoms with Crippen LogP contribution in [0.3, 0.4) is 0 Å². The average molecular weight is 414 g/mol. The highest BCUT2D eigenvalue weighted by atomic mass is 16.5. The van der Waals surface area contributed by atoms with Crippen LogP contribution >= 0.6 is 0 Å². The maximum atomic E-state index is 5.95. The van der Waals surface area contributed by atoms with Gasteiger partial charge in [0.15, 0.2) is 6.73 Å². The van der Waals surface area contributed by atoms with Gasteiger partial charge in [-0.25, -0.2) is 0 Å². The van der Waals surface area contributed by atoms with Crippen molar-refractivity contribution in [2.24, 2.45) is 5.10 Å². The molecule has 0 bridgehead atoms. The lowest BCUT2D eigenvalue weighted by atomic mass is 9.65. The van der Waals surface area contributed by atoms with Crippen LogP contribution in [0.5, 0.6) is 5.75 Å². The first-order valence-corrected chi connectivity index (χ1v) is 11.0. The molecule has 5 nitrogen and oxygen atoms in total. The van der Waals surface area contributed by atoms with E-state index in [4.69, 9.17) is 9.47 Å². The van der Waals surface area contributed by atoms with Crippen LogP contribution in [0.25, 0.3) is 0 Å². The van der Waals surface area contributed by atoms with Crippen LogP contribution in [-0.2, 0) is 16.8 Å². The Kier molecular flexibility index (Phi) is 5.57. The second kappa shape index (κ2) is 8.80. The van der Waals surface area contributed by atoms with Gasteiger partial charge >= 0.3 is 0 Å². The van der Waals surface area contributed by atoms with E-state index in [0.717, 1.165) is 17.0 Å². The molecule has 0 spiro atoms. The summed E-state index contributed by atoms with van der Waals surface area (Å²) in [5.41, 5.74) is 7.58. The molecule has 1 saturated carbocycles. The zero-order valence-electron chi connectivity index (χ0n) is 17.6. The average Bonchev–Trinajstić information content (AvgIpc) is 3.39. The topological polar surface area (TPSA) is 55.7 Å². The summed E-state index contributed by atoms with van der Waals surface area (Å²) >= 11 is 0. The number of benzene rings is 2. The van der Waals surface area contributed by atoms with Gasteiger partial charge in [0.25, 0.3) is 0 Å². The summed E-state index contributed by atoms with van der Waals surface area (Å²) in [7, 11) is 0. The second-order valence-corrected chi connectivity index (χ2v) is 8.22. The predicted molar refractivity (Wildman–Crippen MR) is 121 cm³/mol. The Balaban J connectivity index is 1.38. The summed E-state index contributed by atoms with van der Waals surface area (Å²) in [5, 5.41) is 4.20. The Morgan fingerprint density at radius 1 is 0.871 bits per heavy atom. The third kappa shape index (κ3) is 4.13. The lowest BCUT2D eigenvalue weighted by Gasteiger charge is -2.38. The van der Waals surface area contributed by atoms with Crippen molar-refractivity contribution in [3.63, 3.8) is 0 Å². The third-order valence-electron chi connectivity index (χ3n) is 6.37. The van der Waals surface area contributed by atoms with Crippen molar-refractivity contribution < 1.29 is 9.47 Å². The normalized spacial score (nSPS) is 17.4. The van der Waals surface area contributed by atoms with Gasteiger partial charge in [0.2, 0.25) is 5.90 Å². The molecule has 5 rings (SSSR count). The maximum Gasteiger partial charge on any atom is 0.239 e.